The molecule has 0 saturated carbocycles. The van der Waals surface area contributed by atoms with Gasteiger partial charge in [0.1, 0.15) is 12.4 Å². The second kappa shape index (κ2) is 8.19. The average molecular weight is 339 g/mol. The fourth-order valence-electron chi connectivity index (χ4n) is 2.51. The zero-order valence-corrected chi connectivity index (χ0v) is 14.4. The number of ether oxygens (including phenoxy) is 1. The molecule has 0 radical (unpaired) electrons. The Morgan fingerprint density at radius 2 is 1.78 bits per heavy atom. The van der Waals surface area contributed by atoms with Gasteiger partial charge in [0.25, 0.3) is 0 Å². The molecule has 1 aromatic carbocycles. The lowest BCUT2D eigenvalue weighted by atomic mass is 10.2. The van der Waals surface area contributed by atoms with Gasteiger partial charge in [-0.2, -0.15) is 0 Å². The highest BCUT2D eigenvalue weighted by Crippen LogP contribution is 2.15. The number of guanidine groups is 1. The zero-order chi connectivity index (χ0) is 16.7. The van der Waals surface area contributed by atoms with Crippen LogP contribution in [0.25, 0.3) is 0 Å². The lowest BCUT2D eigenvalue weighted by Gasteiger charge is -2.21. The number of aliphatic imine (C=N–C) groups is 1. The molecule has 6 nitrogen and oxygen atoms in total. The first-order valence-corrected chi connectivity index (χ1v) is 9.84. The average Bonchev–Trinajstić information content (AvgIpc) is 2.80. The Balaban J connectivity index is 1.79. The molecule has 1 saturated heterocycles. The number of nitrogens with zero attached hydrogens (tertiary/aromatic N) is 2. The minimum atomic E-state index is -3.17. The minimum Gasteiger partial charge on any atom is -0.492 e. The van der Waals surface area contributed by atoms with E-state index >= 15 is 0 Å². The molecule has 1 fully saturated rings. The van der Waals surface area contributed by atoms with Gasteiger partial charge in [-0.3, -0.25) is 0 Å². The van der Waals surface area contributed by atoms with Crippen molar-refractivity contribution in [2.75, 3.05) is 32.5 Å². The van der Waals surface area contributed by atoms with Gasteiger partial charge >= 0.3 is 0 Å². The number of likely N-dealkylation sites (tertiary alicyclic amines) is 1. The molecule has 0 unspecified atom stereocenters. The molecule has 0 bridgehead atoms. The number of sulfone groups is 1. The van der Waals surface area contributed by atoms with Crippen molar-refractivity contribution in [1.29, 1.82) is 0 Å². The van der Waals surface area contributed by atoms with E-state index in [-0.39, 0.29) is 4.90 Å². The van der Waals surface area contributed by atoms with Crippen LogP contribution in [0.3, 0.4) is 0 Å². The van der Waals surface area contributed by atoms with Crippen LogP contribution in [-0.2, 0) is 9.84 Å². The van der Waals surface area contributed by atoms with Gasteiger partial charge in [-0.25, -0.2) is 13.4 Å². The van der Waals surface area contributed by atoms with Gasteiger partial charge in [0.15, 0.2) is 15.8 Å². The fourth-order valence-corrected chi connectivity index (χ4v) is 3.14. The highest BCUT2D eigenvalue weighted by atomic mass is 32.2. The van der Waals surface area contributed by atoms with Gasteiger partial charge in [-0.1, -0.05) is 12.8 Å². The maximum atomic E-state index is 11.4. The van der Waals surface area contributed by atoms with Crippen LogP contribution in [0.5, 0.6) is 5.75 Å². The van der Waals surface area contributed by atoms with Crippen molar-refractivity contribution in [2.24, 2.45) is 10.7 Å². The van der Waals surface area contributed by atoms with Crippen molar-refractivity contribution in [1.82, 2.24) is 4.90 Å². The first kappa shape index (κ1) is 17.6. The van der Waals surface area contributed by atoms with Crippen molar-refractivity contribution in [3.8, 4) is 5.75 Å². The van der Waals surface area contributed by atoms with E-state index in [1.54, 1.807) is 24.3 Å². The molecule has 0 aromatic heterocycles. The number of nitrogens with two attached hydrogens (primary N) is 1. The molecule has 1 heterocycles. The summed E-state index contributed by atoms with van der Waals surface area (Å²) in [7, 11) is -3.17. The molecule has 2 rings (SSSR count). The van der Waals surface area contributed by atoms with Crippen molar-refractivity contribution in [2.45, 2.75) is 30.6 Å². The highest BCUT2D eigenvalue weighted by molar-refractivity contribution is 7.90. The fraction of sp³-hybridized carbons (Fsp3) is 0.562. The van der Waals surface area contributed by atoms with E-state index in [0.29, 0.717) is 24.9 Å². The first-order chi connectivity index (χ1) is 11.0. The Labute approximate surface area is 138 Å². The summed E-state index contributed by atoms with van der Waals surface area (Å²) in [6.45, 7) is 2.84. The SMILES string of the molecule is CS(=O)(=O)c1ccc(OCCN=C(N)N2CCCCCC2)cc1. The quantitative estimate of drug-likeness (QED) is 0.501. The summed E-state index contributed by atoms with van der Waals surface area (Å²) >= 11 is 0. The first-order valence-electron chi connectivity index (χ1n) is 7.94. The Kier molecular flexibility index (Phi) is 6.27. The molecule has 0 spiro atoms. The van der Waals surface area contributed by atoms with E-state index in [4.69, 9.17) is 10.5 Å². The van der Waals surface area contributed by atoms with Crippen molar-refractivity contribution in [3.63, 3.8) is 0 Å². The lowest BCUT2D eigenvalue weighted by Crippen LogP contribution is -2.38. The van der Waals surface area contributed by atoms with Crippen LogP contribution in [0.4, 0.5) is 0 Å². The maximum Gasteiger partial charge on any atom is 0.191 e. The minimum absolute atomic E-state index is 0.285. The maximum absolute atomic E-state index is 11.4. The third kappa shape index (κ3) is 5.74. The third-order valence-electron chi connectivity index (χ3n) is 3.82. The van der Waals surface area contributed by atoms with Crippen LogP contribution in [0.15, 0.2) is 34.2 Å². The van der Waals surface area contributed by atoms with E-state index in [2.05, 4.69) is 9.89 Å². The second-order valence-electron chi connectivity index (χ2n) is 5.73. The van der Waals surface area contributed by atoms with Gasteiger partial charge in [0, 0.05) is 19.3 Å². The van der Waals surface area contributed by atoms with Crippen molar-refractivity contribution < 1.29 is 13.2 Å². The lowest BCUT2D eigenvalue weighted by molar-refractivity contribution is 0.327. The van der Waals surface area contributed by atoms with Gasteiger partial charge < -0.3 is 15.4 Å². The van der Waals surface area contributed by atoms with Gasteiger partial charge in [0.05, 0.1) is 11.4 Å². The second-order valence-corrected chi connectivity index (χ2v) is 7.75. The molecule has 1 aliphatic rings. The van der Waals surface area contributed by atoms with Crippen LogP contribution in [0, 0.1) is 0 Å². The molecular weight excluding hydrogens is 314 g/mol. The number of hydrogen-bond donors (Lipinski definition) is 1. The Morgan fingerprint density at radius 3 is 2.35 bits per heavy atom. The standard InChI is InChI=1S/C16H25N3O3S/c1-23(20,21)15-8-6-14(7-9-15)22-13-10-18-16(17)19-11-4-2-3-5-12-19/h6-9H,2-5,10-13H2,1H3,(H2,17,18). The molecule has 0 amide bonds. The summed E-state index contributed by atoms with van der Waals surface area (Å²) in [4.78, 5) is 6.78. The summed E-state index contributed by atoms with van der Waals surface area (Å²) in [6, 6.07) is 6.38. The monoisotopic (exact) mass is 339 g/mol. The van der Waals surface area contributed by atoms with Crippen LogP contribution in [0.1, 0.15) is 25.7 Å². The number of rotatable bonds is 5. The van der Waals surface area contributed by atoms with Crippen molar-refractivity contribution >= 4 is 15.8 Å². The molecule has 1 aliphatic heterocycles. The van der Waals surface area contributed by atoms with E-state index in [0.717, 1.165) is 13.1 Å². The van der Waals surface area contributed by atoms with E-state index < -0.39 is 9.84 Å². The summed E-state index contributed by atoms with van der Waals surface area (Å²) in [6.07, 6.45) is 6.04. The molecule has 7 heteroatoms. The molecule has 128 valence electrons. The largest absolute Gasteiger partial charge is 0.492 e. The molecule has 23 heavy (non-hydrogen) atoms. The predicted molar refractivity (Wildman–Crippen MR) is 91.6 cm³/mol. The normalized spacial score (nSPS) is 16.9. The summed E-state index contributed by atoms with van der Waals surface area (Å²) in [5.41, 5.74) is 6.02. The Bertz CT molecular complexity index is 618. The molecule has 1 aromatic rings. The number of benzene rings is 1. The summed E-state index contributed by atoms with van der Waals surface area (Å²) < 4.78 is 28.3. The van der Waals surface area contributed by atoms with Gasteiger partial charge in [-0.15, -0.1) is 0 Å². The predicted octanol–water partition coefficient (Wildman–Crippen LogP) is 1.66. The van der Waals surface area contributed by atoms with Gasteiger partial charge in [0.2, 0.25) is 0 Å². The topological polar surface area (TPSA) is 85.0 Å². The van der Waals surface area contributed by atoms with E-state index in [9.17, 15) is 8.42 Å². The highest BCUT2D eigenvalue weighted by Gasteiger charge is 2.10. The van der Waals surface area contributed by atoms with E-state index in [1.807, 2.05) is 0 Å². The van der Waals surface area contributed by atoms with Crippen LogP contribution in [0.2, 0.25) is 0 Å². The summed E-state index contributed by atoms with van der Waals surface area (Å²) in [5.74, 6) is 1.21. The Morgan fingerprint density at radius 1 is 1.17 bits per heavy atom. The molecule has 0 atom stereocenters. The van der Waals surface area contributed by atoms with Crippen LogP contribution in [-0.4, -0.2) is 51.8 Å². The number of hydrogen-bond acceptors (Lipinski definition) is 4. The summed E-state index contributed by atoms with van der Waals surface area (Å²) in [5, 5.41) is 0. The zero-order valence-electron chi connectivity index (χ0n) is 13.6. The third-order valence-corrected chi connectivity index (χ3v) is 4.94. The smallest absolute Gasteiger partial charge is 0.191 e. The Hall–Kier alpha value is -1.76. The van der Waals surface area contributed by atoms with Gasteiger partial charge in [-0.05, 0) is 37.1 Å². The molecule has 0 aliphatic carbocycles. The van der Waals surface area contributed by atoms with E-state index in [1.165, 1.54) is 31.9 Å². The molecular formula is C16H25N3O3S. The van der Waals surface area contributed by atoms with Crippen molar-refractivity contribution in [3.05, 3.63) is 24.3 Å². The molecule has 2 N–H and O–H groups in total. The van der Waals surface area contributed by atoms with Crippen LogP contribution < -0.4 is 10.5 Å². The van der Waals surface area contributed by atoms with Crippen LogP contribution >= 0.6 is 0 Å².